The summed E-state index contributed by atoms with van der Waals surface area (Å²) < 4.78 is 6.12. The summed E-state index contributed by atoms with van der Waals surface area (Å²) in [5.41, 5.74) is 4.24. The molecule has 0 heterocycles. The molecule has 134 valence electrons. The average molecular weight is 344 g/mol. The first-order chi connectivity index (χ1) is 12.7. The molecule has 4 rings (SSSR count). The molecule has 1 heteroatoms. The molecule has 1 aliphatic rings. The van der Waals surface area contributed by atoms with Gasteiger partial charge in [0, 0.05) is 0 Å². The zero-order valence-electron chi connectivity index (χ0n) is 15.9. The largest absolute Gasteiger partial charge is 0.489 e. The second kappa shape index (κ2) is 7.53. The Balaban J connectivity index is 1.45. The van der Waals surface area contributed by atoms with E-state index in [0.29, 0.717) is 6.61 Å². The van der Waals surface area contributed by atoms with Crippen molar-refractivity contribution < 1.29 is 4.74 Å². The van der Waals surface area contributed by atoms with Gasteiger partial charge in [0.05, 0.1) is 0 Å². The van der Waals surface area contributed by atoms with E-state index in [1.54, 1.807) is 0 Å². The first-order valence-electron chi connectivity index (χ1n) is 9.89. The van der Waals surface area contributed by atoms with Crippen LogP contribution in [0.2, 0.25) is 0 Å². The molecule has 0 fully saturated rings. The van der Waals surface area contributed by atoms with E-state index in [0.717, 1.165) is 17.6 Å². The van der Waals surface area contributed by atoms with Crippen LogP contribution in [0.4, 0.5) is 0 Å². The Morgan fingerprint density at radius 3 is 2.62 bits per heavy atom. The first kappa shape index (κ1) is 17.1. The van der Waals surface area contributed by atoms with Gasteiger partial charge in [0.15, 0.2) is 0 Å². The topological polar surface area (TPSA) is 9.23 Å². The van der Waals surface area contributed by atoms with Crippen LogP contribution in [0, 0.1) is 11.8 Å². The number of hydrogen-bond donors (Lipinski definition) is 0. The number of aryl methyl sites for hydroxylation is 1. The van der Waals surface area contributed by atoms with Crippen molar-refractivity contribution in [3.63, 3.8) is 0 Å². The summed E-state index contributed by atoms with van der Waals surface area (Å²) in [6.45, 7) is 5.29. The van der Waals surface area contributed by atoms with E-state index in [1.165, 1.54) is 53.1 Å². The summed E-state index contributed by atoms with van der Waals surface area (Å²) in [6, 6.07) is 21.7. The number of fused-ring (bicyclic) bond motifs is 2. The third-order valence-corrected chi connectivity index (χ3v) is 5.53. The molecule has 3 aromatic carbocycles. The zero-order valence-corrected chi connectivity index (χ0v) is 15.9. The smallest absolute Gasteiger partial charge is 0.120 e. The fourth-order valence-corrected chi connectivity index (χ4v) is 4.26. The quantitative estimate of drug-likeness (QED) is 0.508. The van der Waals surface area contributed by atoms with Crippen molar-refractivity contribution in [1.29, 1.82) is 0 Å². The lowest BCUT2D eigenvalue weighted by atomic mass is 9.80. The molecule has 0 aliphatic heterocycles. The van der Waals surface area contributed by atoms with Gasteiger partial charge in [-0.3, -0.25) is 0 Å². The lowest BCUT2D eigenvalue weighted by Crippen LogP contribution is -2.16. The molecule has 0 saturated carbocycles. The highest BCUT2D eigenvalue weighted by atomic mass is 16.5. The number of ether oxygens (including phenoxy) is 1. The van der Waals surface area contributed by atoms with Crippen LogP contribution in [-0.2, 0) is 19.4 Å². The minimum Gasteiger partial charge on any atom is -0.489 e. The number of hydrogen-bond acceptors (Lipinski definition) is 1. The molecule has 1 atom stereocenters. The van der Waals surface area contributed by atoms with Crippen LogP contribution in [0.1, 0.15) is 43.4 Å². The molecule has 0 bridgehead atoms. The molecule has 0 saturated heterocycles. The molecule has 0 radical (unpaired) electrons. The molecule has 26 heavy (non-hydrogen) atoms. The van der Waals surface area contributed by atoms with Gasteiger partial charge in [0.1, 0.15) is 12.4 Å². The van der Waals surface area contributed by atoms with Crippen LogP contribution in [-0.4, -0.2) is 0 Å². The fraction of sp³-hybridized carbons (Fsp3) is 0.360. The molecule has 1 aliphatic carbocycles. The predicted octanol–water partition coefficient (Wildman–Crippen LogP) is 6.57. The van der Waals surface area contributed by atoms with Gasteiger partial charge in [-0.15, -0.1) is 0 Å². The summed E-state index contributed by atoms with van der Waals surface area (Å²) in [7, 11) is 0. The van der Waals surface area contributed by atoms with Gasteiger partial charge in [-0.25, -0.2) is 0 Å². The first-order valence-corrected chi connectivity index (χ1v) is 9.89. The summed E-state index contributed by atoms with van der Waals surface area (Å²) in [5, 5.41) is 2.55. The van der Waals surface area contributed by atoms with Crippen molar-refractivity contribution in [2.75, 3.05) is 0 Å². The molecule has 0 amide bonds. The molecule has 1 nitrogen and oxygen atoms in total. The number of benzene rings is 3. The standard InChI is InChI=1S/C25H28O/c1-18(2)13-19-7-9-22-11-12-25(16-24(22)14-19)26-17-20-8-10-21-5-3-4-6-23(21)15-20/h3-6,8,10-12,15-16,18-19H,7,9,13-14,17H2,1-2H3. The lowest BCUT2D eigenvalue weighted by Gasteiger charge is -2.26. The van der Waals surface area contributed by atoms with Crippen molar-refractivity contribution >= 4 is 10.8 Å². The summed E-state index contributed by atoms with van der Waals surface area (Å²) in [6.07, 6.45) is 5.10. The highest BCUT2D eigenvalue weighted by molar-refractivity contribution is 5.82. The van der Waals surface area contributed by atoms with E-state index < -0.39 is 0 Å². The third-order valence-electron chi connectivity index (χ3n) is 5.53. The second-order valence-corrected chi connectivity index (χ2v) is 8.14. The fourth-order valence-electron chi connectivity index (χ4n) is 4.26. The Morgan fingerprint density at radius 1 is 0.923 bits per heavy atom. The van der Waals surface area contributed by atoms with Gasteiger partial charge in [-0.05, 0) is 83.2 Å². The lowest BCUT2D eigenvalue weighted by molar-refractivity contribution is 0.304. The van der Waals surface area contributed by atoms with E-state index in [-0.39, 0.29) is 0 Å². The average Bonchev–Trinajstić information content (AvgIpc) is 2.65. The molecule has 0 spiro atoms. The molecule has 0 aromatic heterocycles. The maximum atomic E-state index is 6.12. The monoisotopic (exact) mass is 344 g/mol. The molecule has 1 unspecified atom stereocenters. The van der Waals surface area contributed by atoms with Crippen molar-refractivity contribution in [2.45, 2.75) is 46.1 Å². The van der Waals surface area contributed by atoms with Crippen molar-refractivity contribution in [1.82, 2.24) is 0 Å². The Labute approximate surface area is 157 Å². The van der Waals surface area contributed by atoms with Crippen molar-refractivity contribution in [3.8, 4) is 5.75 Å². The van der Waals surface area contributed by atoms with Gasteiger partial charge < -0.3 is 4.74 Å². The van der Waals surface area contributed by atoms with Crippen LogP contribution in [0.3, 0.4) is 0 Å². The van der Waals surface area contributed by atoms with Gasteiger partial charge in [0.25, 0.3) is 0 Å². The molecule has 3 aromatic rings. The maximum Gasteiger partial charge on any atom is 0.120 e. The van der Waals surface area contributed by atoms with E-state index >= 15 is 0 Å². The van der Waals surface area contributed by atoms with Crippen LogP contribution in [0.25, 0.3) is 10.8 Å². The second-order valence-electron chi connectivity index (χ2n) is 8.14. The number of rotatable bonds is 5. The van der Waals surface area contributed by atoms with Crippen LogP contribution in [0.15, 0.2) is 60.7 Å². The summed E-state index contributed by atoms with van der Waals surface area (Å²) in [5.74, 6) is 2.62. The Morgan fingerprint density at radius 2 is 1.77 bits per heavy atom. The van der Waals surface area contributed by atoms with Gasteiger partial charge in [-0.2, -0.15) is 0 Å². The maximum absolute atomic E-state index is 6.12. The van der Waals surface area contributed by atoms with Gasteiger partial charge in [-0.1, -0.05) is 56.3 Å². The SMILES string of the molecule is CC(C)CC1CCc2ccc(OCc3ccc4ccccc4c3)cc2C1. The predicted molar refractivity (Wildman–Crippen MR) is 110 cm³/mol. The highest BCUT2D eigenvalue weighted by Crippen LogP contribution is 2.32. The van der Waals surface area contributed by atoms with Crippen LogP contribution >= 0.6 is 0 Å². The minimum atomic E-state index is 0.624. The van der Waals surface area contributed by atoms with E-state index in [9.17, 15) is 0 Å². The van der Waals surface area contributed by atoms with Crippen LogP contribution in [0.5, 0.6) is 5.75 Å². The van der Waals surface area contributed by atoms with Gasteiger partial charge in [0.2, 0.25) is 0 Å². The zero-order chi connectivity index (χ0) is 17.9. The summed E-state index contributed by atoms with van der Waals surface area (Å²) in [4.78, 5) is 0. The Kier molecular flexibility index (Phi) is 4.97. The molecular formula is C25H28O. The third kappa shape index (κ3) is 3.93. The van der Waals surface area contributed by atoms with E-state index in [2.05, 4.69) is 74.5 Å². The van der Waals surface area contributed by atoms with E-state index in [4.69, 9.17) is 4.74 Å². The van der Waals surface area contributed by atoms with Crippen LogP contribution < -0.4 is 4.74 Å². The summed E-state index contributed by atoms with van der Waals surface area (Å²) >= 11 is 0. The Hall–Kier alpha value is -2.28. The van der Waals surface area contributed by atoms with E-state index in [1.807, 2.05) is 0 Å². The van der Waals surface area contributed by atoms with Crippen molar-refractivity contribution in [2.24, 2.45) is 11.8 Å². The van der Waals surface area contributed by atoms with Gasteiger partial charge >= 0.3 is 0 Å². The minimum absolute atomic E-state index is 0.624. The molecule has 0 N–H and O–H groups in total. The molecular weight excluding hydrogens is 316 g/mol. The normalized spacial score (nSPS) is 16.7. The Bertz CT molecular complexity index is 894. The van der Waals surface area contributed by atoms with Crippen molar-refractivity contribution in [3.05, 3.63) is 77.4 Å². The highest BCUT2D eigenvalue weighted by Gasteiger charge is 2.20.